The fourth-order valence-corrected chi connectivity index (χ4v) is 4.52. The molecule has 2 fully saturated rings. The molecule has 2 atom stereocenters. The summed E-state index contributed by atoms with van der Waals surface area (Å²) >= 11 is 0. The van der Waals surface area contributed by atoms with Crippen LogP contribution in [0.15, 0.2) is 48.5 Å². The van der Waals surface area contributed by atoms with E-state index in [2.05, 4.69) is 0 Å². The van der Waals surface area contributed by atoms with Crippen LogP contribution < -0.4 is 9.47 Å². The smallest absolute Gasteiger partial charge is 0.253 e. The lowest BCUT2D eigenvalue weighted by molar-refractivity contribution is -0.134. The number of carbonyl (C=O) groups excluding carboxylic acids is 2. The van der Waals surface area contributed by atoms with Crippen molar-refractivity contribution in [2.45, 2.75) is 18.8 Å². The third-order valence-corrected chi connectivity index (χ3v) is 6.20. The van der Waals surface area contributed by atoms with Gasteiger partial charge in [-0.1, -0.05) is 12.1 Å². The zero-order valence-corrected chi connectivity index (χ0v) is 17.5. The van der Waals surface area contributed by atoms with Crippen LogP contribution in [0.1, 0.15) is 34.7 Å². The Balaban J connectivity index is 1.60. The van der Waals surface area contributed by atoms with Gasteiger partial charge in [-0.15, -0.1) is 0 Å². The van der Waals surface area contributed by atoms with E-state index in [0.29, 0.717) is 24.4 Å². The van der Waals surface area contributed by atoms with Crippen LogP contribution >= 0.6 is 0 Å². The van der Waals surface area contributed by atoms with Gasteiger partial charge < -0.3 is 19.3 Å². The molecule has 2 aromatic rings. The molecule has 158 valence electrons. The number of carbonyl (C=O) groups is 2. The highest BCUT2D eigenvalue weighted by Crippen LogP contribution is 2.36. The summed E-state index contributed by atoms with van der Waals surface area (Å²) in [6.45, 7) is 2.57. The first-order valence-electron chi connectivity index (χ1n) is 10.5. The fourth-order valence-electron chi connectivity index (χ4n) is 4.52. The molecule has 2 amide bonds. The van der Waals surface area contributed by atoms with E-state index < -0.39 is 0 Å². The Morgan fingerprint density at radius 2 is 1.57 bits per heavy atom. The molecular weight excluding hydrogens is 380 g/mol. The standard InChI is InChI=1S/C24H28N2O4/c1-29-19-10-8-17(9-11-19)23(27)26-15-21(18-6-5-7-20(14-18)30-2)22(16-26)24(28)25-12-3-4-13-25/h5-11,14,21-22H,3-4,12-13,15-16H2,1-2H3. The van der Waals surface area contributed by atoms with Gasteiger partial charge in [-0.05, 0) is 54.8 Å². The van der Waals surface area contributed by atoms with Gasteiger partial charge in [0.1, 0.15) is 11.5 Å². The molecule has 0 aromatic heterocycles. The topological polar surface area (TPSA) is 59.1 Å². The fraction of sp³-hybridized carbons (Fsp3) is 0.417. The highest BCUT2D eigenvalue weighted by molar-refractivity contribution is 5.95. The third-order valence-electron chi connectivity index (χ3n) is 6.20. The molecule has 0 radical (unpaired) electrons. The molecule has 6 nitrogen and oxygen atoms in total. The molecule has 2 heterocycles. The number of hydrogen-bond donors (Lipinski definition) is 0. The average molecular weight is 408 g/mol. The monoisotopic (exact) mass is 408 g/mol. The Hall–Kier alpha value is -3.02. The van der Waals surface area contributed by atoms with Gasteiger partial charge in [-0.25, -0.2) is 0 Å². The van der Waals surface area contributed by atoms with Crippen LogP contribution in [0, 0.1) is 5.92 Å². The molecule has 0 spiro atoms. The Bertz CT molecular complexity index is 906. The zero-order chi connectivity index (χ0) is 21.1. The van der Waals surface area contributed by atoms with E-state index in [0.717, 1.165) is 37.2 Å². The van der Waals surface area contributed by atoms with Crippen molar-refractivity contribution in [3.8, 4) is 11.5 Å². The number of likely N-dealkylation sites (tertiary alicyclic amines) is 2. The molecule has 6 heteroatoms. The van der Waals surface area contributed by atoms with Gasteiger partial charge in [0.2, 0.25) is 5.91 Å². The minimum absolute atomic E-state index is 0.0459. The summed E-state index contributed by atoms with van der Waals surface area (Å²) in [6, 6.07) is 15.0. The molecular formula is C24H28N2O4. The second-order valence-corrected chi connectivity index (χ2v) is 7.96. The van der Waals surface area contributed by atoms with Gasteiger partial charge >= 0.3 is 0 Å². The summed E-state index contributed by atoms with van der Waals surface area (Å²) < 4.78 is 10.6. The first-order valence-corrected chi connectivity index (χ1v) is 10.5. The predicted octanol–water partition coefficient (Wildman–Crippen LogP) is 3.18. The summed E-state index contributed by atoms with van der Waals surface area (Å²) in [5.41, 5.74) is 1.64. The number of hydrogen-bond acceptors (Lipinski definition) is 4. The third kappa shape index (κ3) is 3.99. The number of benzene rings is 2. The van der Waals surface area contributed by atoms with E-state index >= 15 is 0 Å². The van der Waals surface area contributed by atoms with Gasteiger partial charge in [0.15, 0.2) is 0 Å². The molecule has 30 heavy (non-hydrogen) atoms. The Morgan fingerprint density at radius 1 is 0.867 bits per heavy atom. The van der Waals surface area contributed by atoms with Crippen molar-refractivity contribution in [2.24, 2.45) is 5.92 Å². The van der Waals surface area contributed by atoms with Crippen molar-refractivity contribution in [2.75, 3.05) is 40.4 Å². The van der Waals surface area contributed by atoms with Crippen molar-refractivity contribution in [3.05, 3.63) is 59.7 Å². The maximum Gasteiger partial charge on any atom is 0.253 e. The minimum Gasteiger partial charge on any atom is -0.497 e. The van der Waals surface area contributed by atoms with Gasteiger partial charge in [0, 0.05) is 37.7 Å². The van der Waals surface area contributed by atoms with Crippen molar-refractivity contribution in [3.63, 3.8) is 0 Å². The molecule has 4 rings (SSSR count). The normalized spacial score (nSPS) is 21.0. The number of ether oxygens (including phenoxy) is 2. The van der Waals surface area contributed by atoms with Crippen molar-refractivity contribution in [1.82, 2.24) is 9.80 Å². The van der Waals surface area contributed by atoms with Gasteiger partial charge in [-0.2, -0.15) is 0 Å². The Morgan fingerprint density at radius 3 is 2.23 bits per heavy atom. The van der Waals surface area contributed by atoms with Gasteiger partial charge in [-0.3, -0.25) is 9.59 Å². The van der Waals surface area contributed by atoms with E-state index in [1.165, 1.54) is 0 Å². The van der Waals surface area contributed by atoms with Crippen LogP contribution in [0.5, 0.6) is 11.5 Å². The molecule has 0 bridgehead atoms. The Labute approximate surface area is 177 Å². The van der Waals surface area contributed by atoms with Crippen molar-refractivity contribution in [1.29, 1.82) is 0 Å². The Kier molecular flexibility index (Phi) is 5.93. The molecule has 2 aliphatic rings. The lowest BCUT2D eigenvalue weighted by Gasteiger charge is -2.24. The highest BCUT2D eigenvalue weighted by Gasteiger charge is 2.42. The lowest BCUT2D eigenvalue weighted by atomic mass is 9.88. The second-order valence-electron chi connectivity index (χ2n) is 7.96. The summed E-state index contributed by atoms with van der Waals surface area (Å²) in [4.78, 5) is 30.3. The SMILES string of the molecule is COc1ccc(C(=O)N2CC(C(=O)N3CCCC3)C(c3cccc(OC)c3)C2)cc1. The predicted molar refractivity (Wildman–Crippen MR) is 114 cm³/mol. The van der Waals surface area contributed by atoms with Gasteiger partial charge in [0.05, 0.1) is 20.1 Å². The molecule has 0 aliphatic carbocycles. The quantitative estimate of drug-likeness (QED) is 0.763. The average Bonchev–Trinajstić information content (AvgIpc) is 3.49. The molecule has 2 saturated heterocycles. The first kappa shape index (κ1) is 20.3. The van der Waals surface area contributed by atoms with Crippen LogP contribution in [0.2, 0.25) is 0 Å². The van der Waals surface area contributed by atoms with Crippen LogP contribution in [0.25, 0.3) is 0 Å². The summed E-state index contributed by atoms with van der Waals surface area (Å²) in [7, 11) is 3.24. The largest absolute Gasteiger partial charge is 0.497 e. The maximum absolute atomic E-state index is 13.3. The molecule has 2 aromatic carbocycles. The van der Waals surface area contributed by atoms with Crippen LogP contribution in [0.4, 0.5) is 0 Å². The minimum atomic E-state index is -0.239. The number of methoxy groups -OCH3 is 2. The molecule has 2 aliphatic heterocycles. The number of rotatable bonds is 5. The van der Waals surface area contributed by atoms with E-state index in [-0.39, 0.29) is 23.7 Å². The highest BCUT2D eigenvalue weighted by atomic mass is 16.5. The van der Waals surface area contributed by atoms with Crippen molar-refractivity contribution < 1.29 is 19.1 Å². The first-order chi connectivity index (χ1) is 14.6. The summed E-state index contributed by atoms with van der Waals surface area (Å²) in [5, 5.41) is 0. The summed E-state index contributed by atoms with van der Waals surface area (Å²) in [6.07, 6.45) is 2.10. The van der Waals surface area contributed by atoms with E-state index in [1.54, 1.807) is 38.5 Å². The van der Waals surface area contributed by atoms with Gasteiger partial charge in [0.25, 0.3) is 5.91 Å². The van der Waals surface area contributed by atoms with Crippen LogP contribution in [0.3, 0.4) is 0 Å². The molecule has 0 saturated carbocycles. The van der Waals surface area contributed by atoms with Crippen LogP contribution in [-0.4, -0.2) is 62.0 Å². The van der Waals surface area contributed by atoms with E-state index in [4.69, 9.17) is 9.47 Å². The van der Waals surface area contributed by atoms with E-state index in [1.807, 2.05) is 34.1 Å². The lowest BCUT2D eigenvalue weighted by Crippen LogP contribution is -2.37. The maximum atomic E-state index is 13.3. The van der Waals surface area contributed by atoms with E-state index in [9.17, 15) is 9.59 Å². The molecule has 2 unspecified atom stereocenters. The number of amides is 2. The zero-order valence-electron chi connectivity index (χ0n) is 17.5. The second kappa shape index (κ2) is 8.78. The molecule has 0 N–H and O–H groups in total. The van der Waals surface area contributed by atoms with Crippen molar-refractivity contribution >= 4 is 11.8 Å². The number of nitrogens with zero attached hydrogens (tertiary/aromatic N) is 2. The van der Waals surface area contributed by atoms with Crippen LogP contribution in [-0.2, 0) is 4.79 Å². The summed E-state index contributed by atoms with van der Waals surface area (Å²) in [5.74, 6) is 1.30.